The molecule has 0 N–H and O–H groups in total. The molecule has 0 spiro atoms. The summed E-state index contributed by atoms with van der Waals surface area (Å²) in [7, 11) is -4.09. The number of aromatic nitrogens is 3. The SMILES string of the molecule is CCc1ccc(Cn2cc(-c3cc(C(F)(F)F)nc(S(C)(=O)=O)n3)ccc2=O)cc1CC. The number of rotatable bonds is 6. The highest BCUT2D eigenvalue weighted by Gasteiger charge is 2.35. The standard InChI is InChI=1S/C22H22F3N3O3S/c1-4-15-7-6-14(10-16(15)5-2)12-28-13-17(8-9-20(28)29)18-11-19(22(23,24)25)27-21(26-18)32(3,30)31/h6-11,13H,4-5,12H2,1-3H3. The van der Waals surface area contributed by atoms with Gasteiger partial charge in [0.1, 0.15) is 5.69 Å². The summed E-state index contributed by atoms with van der Waals surface area (Å²) in [5.74, 6) is 0. The Morgan fingerprint density at radius 2 is 1.66 bits per heavy atom. The van der Waals surface area contributed by atoms with Gasteiger partial charge in [0.2, 0.25) is 15.0 Å². The first-order valence-electron chi connectivity index (χ1n) is 9.90. The third-order valence-corrected chi connectivity index (χ3v) is 5.84. The summed E-state index contributed by atoms with van der Waals surface area (Å²) in [5.41, 5.74) is 1.46. The van der Waals surface area contributed by atoms with Crippen LogP contribution in [0.25, 0.3) is 11.3 Å². The van der Waals surface area contributed by atoms with Crippen LogP contribution in [0.4, 0.5) is 13.2 Å². The summed E-state index contributed by atoms with van der Waals surface area (Å²) in [6.07, 6.45) is -1.03. The van der Waals surface area contributed by atoms with Crippen LogP contribution < -0.4 is 5.56 Å². The number of hydrogen-bond acceptors (Lipinski definition) is 5. The van der Waals surface area contributed by atoms with Crippen LogP contribution in [0.1, 0.15) is 36.2 Å². The second kappa shape index (κ2) is 8.85. The molecular formula is C22H22F3N3O3S. The van der Waals surface area contributed by atoms with Gasteiger partial charge in [0.05, 0.1) is 12.2 Å². The first-order chi connectivity index (χ1) is 14.9. The maximum atomic E-state index is 13.3. The number of alkyl halides is 3. The molecule has 0 aliphatic heterocycles. The van der Waals surface area contributed by atoms with Gasteiger partial charge in [-0.3, -0.25) is 4.79 Å². The van der Waals surface area contributed by atoms with Crippen molar-refractivity contribution in [2.75, 3.05) is 6.26 Å². The summed E-state index contributed by atoms with van der Waals surface area (Å²) in [6, 6.07) is 9.11. The molecule has 0 fully saturated rings. The zero-order valence-corrected chi connectivity index (χ0v) is 18.6. The fourth-order valence-corrected chi connectivity index (χ4v) is 3.87. The van der Waals surface area contributed by atoms with Crippen LogP contribution >= 0.6 is 0 Å². The van der Waals surface area contributed by atoms with E-state index < -0.39 is 26.9 Å². The number of aryl methyl sites for hydroxylation is 2. The predicted molar refractivity (Wildman–Crippen MR) is 114 cm³/mol. The third-order valence-electron chi connectivity index (χ3n) is 4.99. The molecule has 0 amide bonds. The molecule has 0 bridgehead atoms. The molecule has 0 saturated heterocycles. The normalized spacial score (nSPS) is 12.2. The molecule has 0 aliphatic rings. The summed E-state index contributed by atoms with van der Waals surface area (Å²) >= 11 is 0. The van der Waals surface area contributed by atoms with E-state index in [-0.39, 0.29) is 23.4 Å². The number of nitrogens with zero attached hydrogens (tertiary/aromatic N) is 3. The van der Waals surface area contributed by atoms with Gasteiger partial charge < -0.3 is 4.57 Å². The van der Waals surface area contributed by atoms with Crippen molar-refractivity contribution in [1.82, 2.24) is 14.5 Å². The molecule has 10 heteroatoms. The Balaban J connectivity index is 2.08. The molecule has 0 unspecified atom stereocenters. The van der Waals surface area contributed by atoms with Crippen molar-refractivity contribution in [3.8, 4) is 11.3 Å². The van der Waals surface area contributed by atoms with Gasteiger partial charge in [-0.15, -0.1) is 0 Å². The molecule has 0 aliphatic carbocycles. The number of pyridine rings is 1. The molecule has 2 heterocycles. The fraction of sp³-hybridized carbons (Fsp3) is 0.318. The lowest BCUT2D eigenvalue weighted by Gasteiger charge is -2.13. The Bertz CT molecular complexity index is 1320. The minimum atomic E-state index is -4.86. The second-order valence-electron chi connectivity index (χ2n) is 7.39. The van der Waals surface area contributed by atoms with Crippen LogP contribution in [0.15, 0.2) is 52.5 Å². The zero-order chi connectivity index (χ0) is 23.7. The highest BCUT2D eigenvalue weighted by Crippen LogP contribution is 2.30. The van der Waals surface area contributed by atoms with Crippen LogP contribution in [0.3, 0.4) is 0 Å². The minimum absolute atomic E-state index is 0.170. The fourth-order valence-electron chi connectivity index (χ4n) is 3.34. The number of halogens is 3. The zero-order valence-electron chi connectivity index (χ0n) is 17.8. The number of benzene rings is 1. The molecule has 0 radical (unpaired) electrons. The van der Waals surface area contributed by atoms with Crippen LogP contribution in [0.2, 0.25) is 0 Å². The molecular weight excluding hydrogens is 443 g/mol. The molecule has 3 aromatic rings. The van der Waals surface area contributed by atoms with Crippen LogP contribution in [-0.2, 0) is 35.4 Å². The van der Waals surface area contributed by atoms with E-state index in [1.807, 2.05) is 25.1 Å². The van der Waals surface area contributed by atoms with E-state index in [0.29, 0.717) is 6.07 Å². The van der Waals surface area contributed by atoms with E-state index in [1.54, 1.807) is 0 Å². The monoisotopic (exact) mass is 465 g/mol. The Labute approximate surface area is 183 Å². The Morgan fingerprint density at radius 1 is 0.969 bits per heavy atom. The molecule has 0 saturated carbocycles. The van der Waals surface area contributed by atoms with E-state index in [0.717, 1.165) is 30.2 Å². The topological polar surface area (TPSA) is 81.9 Å². The average Bonchev–Trinajstić information content (AvgIpc) is 2.73. The highest BCUT2D eigenvalue weighted by atomic mass is 32.2. The van der Waals surface area contributed by atoms with E-state index >= 15 is 0 Å². The van der Waals surface area contributed by atoms with Gasteiger partial charge in [-0.05, 0) is 41.7 Å². The molecule has 2 aromatic heterocycles. The van der Waals surface area contributed by atoms with E-state index in [4.69, 9.17) is 0 Å². The third kappa shape index (κ3) is 5.24. The van der Waals surface area contributed by atoms with Gasteiger partial charge in [-0.25, -0.2) is 18.4 Å². The predicted octanol–water partition coefficient (Wildman–Crippen LogP) is 3.90. The molecule has 0 atom stereocenters. The molecule has 170 valence electrons. The van der Waals surface area contributed by atoms with Crippen molar-refractivity contribution in [2.45, 2.75) is 44.6 Å². The summed E-state index contributed by atoms with van der Waals surface area (Å²) in [4.78, 5) is 19.3. The maximum absolute atomic E-state index is 13.3. The largest absolute Gasteiger partial charge is 0.433 e. The molecule has 1 aromatic carbocycles. The lowest BCUT2D eigenvalue weighted by molar-refractivity contribution is -0.141. The van der Waals surface area contributed by atoms with Crippen molar-refractivity contribution < 1.29 is 21.6 Å². The minimum Gasteiger partial charge on any atom is -0.310 e. The smallest absolute Gasteiger partial charge is 0.310 e. The lowest BCUT2D eigenvalue weighted by Crippen LogP contribution is -2.20. The van der Waals surface area contributed by atoms with Gasteiger partial charge in [0.15, 0.2) is 0 Å². The number of hydrogen-bond donors (Lipinski definition) is 0. The highest BCUT2D eigenvalue weighted by molar-refractivity contribution is 7.90. The van der Waals surface area contributed by atoms with E-state index in [9.17, 15) is 26.4 Å². The first kappa shape index (κ1) is 23.6. The van der Waals surface area contributed by atoms with Crippen molar-refractivity contribution in [3.05, 3.63) is 75.3 Å². The van der Waals surface area contributed by atoms with Gasteiger partial charge in [0, 0.05) is 24.1 Å². The van der Waals surface area contributed by atoms with Crippen LogP contribution in [0, 0.1) is 0 Å². The van der Waals surface area contributed by atoms with Crippen LogP contribution in [-0.4, -0.2) is 29.2 Å². The Hall–Kier alpha value is -3.01. The number of sulfone groups is 1. The Morgan fingerprint density at radius 3 is 2.25 bits per heavy atom. The van der Waals surface area contributed by atoms with Gasteiger partial charge in [-0.2, -0.15) is 13.2 Å². The van der Waals surface area contributed by atoms with Crippen molar-refractivity contribution >= 4 is 9.84 Å². The van der Waals surface area contributed by atoms with Crippen LogP contribution in [0.5, 0.6) is 0 Å². The van der Waals surface area contributed by atoms with Crippen molar-refractivity contribution in [1.29, 1.82) is 0 Å². The van der Waals surface area contributed by atoms with Crippen molar-refractivity contribution in [3.63, 3.8) is 0 Å². The van der Waals surface area contributed by atoms with Gasteiger partial charge >= 0.3 is 6.18 Å². The van der Waals surface area contributed by atoms with E-state index in [1.165, 1.54) is 28.5 Å². The second-order valence-corrected chi connectivity index (χ2v) is 9.29. The summed E-state index contributed by atoms with van der Waals surface area (Å²) < 4.78 is 64.8. The quantitative estimate of drug-likeness (QED) is 0.516. The molecule has 6 nitrogen and oxygen atoms in total. The maximum Gasteiger partial charge on any atom is 0.433 e. The summed E-state index contributed by atoms with van der Waals surface area (Å²) in [6.45, 7) is 4.31. The Kier molecular flexibility index (Phi) is 6.54. The average molecular weight is 465 g/mol. The van der Waals surface area contributed by atoms with Gasteiger partial charge in [-0.1, -0.05) is 32.0 Å². The molecule has 32 heavy (non-hydrogen) atoms. The van der Waals surface area contributed by atoms with E-state index in [2.05, 4.69) is 16.9 Å². The summed E-state index contributed by atoms with van der Waals surface area (Å²) in [5, 5.41) is -0.928. The van der Waals surface area contributed by atoms with Crippen molar-refractivity contribution in [2.24, 2.45) is 0 Å². The molecule has 3 rings (SSSR count). The lowest BCUT2D eigenvalue weighted by atomic mass is 10.00. The first-order valence-corrected chi connectivity index (χ1v) is 11.8. The van der Waals surface area contributed by atoms with Gasteiger partial charge in [0.25, 0.3) is 5.56 Å².